The Hall–Kier alpha value is 0.610. The molecule has 112 valence electrons. The topological polar surface area (TPSA) is 27.7 Å². The Balaban J connectivity index is 1.85. The fraction of sp³-hybridized carbons (Fsp3) is 1.00. The molecule has 3 nitrogen and oxygen atoms in total. The minimum atomic E-state index is 0.0705. The molecule has 0 spiro atoms. The van der Waals surface area contributed by atoms with Crippen molar-refractivity contribution in [3.8, 4) is 0 Å². The van der Waals surface area contributed by atoms with Gasteiger partial charge in [0.05, 0.1) is 32.0 Å². The van der Waals surface area contributed by atoms with E-state index in [9.17, 15) is 0 Å². The number of halogens is 1. The van der Waals surface area contributed by atoms with Crippen molar-refractivity contribution in [2.75, 3.05) is 38.0 Å². The molecule has 2 rings (SSSR count). The summed E-state index contributed by atoms with van der Waals surface area (Å²) in [6.07, 6.45) is 4.10. The predicted molar refractivity (Wildman–Crippen MR) is 84.9 cm³/mol. The standard InChI is InChI=1S/C15H27IO3/c1-14(2)12-4-5-13(10-12)15(14,11-16)19-9-8-18-7-6-17-3/h12-13H,4-11H2,1-3H3. The van der Waals surface area contributed by atoms with Crippen molar-refractivity contribution >= 4 is 22.6 Å². The average molecular weight is 382 g/mol. The molecular weight excluding hydrogens is 355 g/mol. The maximum atomic E-state index is 6.40. The lowest BCUT2D eigenvalue weighted by molar-refractivity contribution is -0.146. The molecule has 2 fully saturated rings. The molecule has 3 atom stereocenters. The molecular formula is C15H27IO3. The van der Waals surface area contributed by atoms with E-state index in [4.69, 9.17) is 14.2 Å². The monoisotopic (exact) mass is 382 g/mol. The van der Waals surface area contributed by atoms with Crippen LogP contribution in [-0.4, -0.2) is 43.6 Å². The molecule has 0 radical (unpaired) electrons. The van der Waals surface area contributed by atoms with E-state index in [1.54, 1.807) is 7.11 Å². The minimum Gasteiger partial charge on any atom is -0.382 e. The van der Waals surface area contributed by atoms with Crippen molar-refractivity contribution in [2.45, 2.75) is 38.7 Å². The summed E-state index contributed by atoms with van der Waals surface area (Å²) in [5.41, 5.74) is 0.380. The number of fused-ring (bicyclic) bond motifs is 2. The van der Waals surface area contributed by atoms with Gasteiger partial charge in [-0.1, -0.05) is 36.4 Å². The van der Waals surface area contributed by atoms with Gasteiger partial charge in [0.2, 0.25) is 0 Å². The third-order valence-electron chi connectivity index (χ3n) is 5.42. The molecule has 2 saturated carbocycles. The molecule has 0 heterocycles. The molecule has 0 amide bonds. The zero-order valence-corrected chi connectivity index (χ0v) is 14.6. The van der Waals surface area contributed by atoms with Crippen LogP contribution in [0.25, 0.3) is 0 Å². The maximum Gasteiger partial charge on any atom is 0.0853 e. The van der Waals surface area contributed by atoms with E-state index in [-0.39, 0.29) is 5.60 Å². The van der Waals surface area contributed by atoms with Crippen molar-refractivity contribution in [2.24, 2.45) is 17.3 Å². The van der Waals surface area contributed by atoms with Crippen molar-refractivity contribution < 1.29 is 14.2 Å². The SMILES string of the molecule is COCCOCCOC1(CI)C2CCC(C2)C1(C)C. The highest BCUT2D eigenvalue weighted by Gasteiger charge is 2.63. The van der Waals surface area contributed by atoms with Crippen LogP contribution in [0, 0.1) is 17.3 Å². The van der Waals surface area contributed by atoms with Crippen LogP contribution in [0.15, 0.2) is 0 Å². The second-order valence-corrected chi connectivity index (χ2v) is 7.17. The highest BCUT2D eigenvalue weighted by atomic mass is 127. The van der Waals surface area contributed by atoms with E-state index < -0.39 is 0 Å². The summed E-state index contributed by atoms with van der Waals surface area (Å²) in [6.45, 7) is 7.51. The molecule has 0 aliphatic heterocycles. The summed E-state index contributed by atoms with van der Waals surface area (Å²) in [5.74, 6) is 1.60. The van der Waals surface area contributed by atoms with E-state index in [1.807, 2.05) is 0 Å². The average Bonchev–Trinajstić information content (AvgIpc) is 2.94. The Labute approximate surface area is 130 Å². The molecule has 0 aromatic rings. The second kappa shape index (κ2) is 6.58. The van der Waals surface area contributed by atoms with Crippen molar-refractivity contribution in [3.63, 3.8) is 0 Å². The largest absolute Gasteiger partial charge is 0.382 e. The van der Waals surface area contributed by atoms with E-state index in [0.29, 0.717) is 31.8 Å². The predicted octanol–water partition coefficient (Wildman–Crippen LogP) is 3.30. The lowest BCUT2D eigenvalue weighted by Gasteiger charge is -2.48. The third-order valence-corrected chi connectivity index (χ3v) is 6.55. The minimum absolute atomic E-state index is 0.0705. The molecule has 2 aliphatic carbocycles. The van der Waals surface area contributed by atoms with Crippen LogP contribution in [0.1, 0.15) is 33.1 Å². The highest BCUT2D eigenvalue weighted by Crippen LogP contribution is 2.63. The molecule has 19 heavy (non-hydrogen) atoms. The molecule has 2 bridgehead atoms. The van der Waals surface area contributed by atoms with Gasteiger partial charge in [-0.25, -0.2) is 0 Å². The van der Waals surface area contributed by atoms with Crippen LogP contribution >= 0.6 is 22.6 Å². The number of hydrogen-bond acceptors (Lipinski definition) is 3. The molecule has 0 N–H and O–H groups in total. The first-order chi connectivity index (χ1) is 9.08. The van der Waals surface area contributed by atoms with Crippen LogP contribution in [0.5, 0.6) is 0 Å². The highest BCUT2D eigenvalue weighted by molar-refractivity contribution is 14.1. The van der Waals surface area contributed by atoms with Crippen LogP contribution in [-0.2, 0) is 14.2 Å². The lowest BCUT2D eigenvalue weighted by Crippen LogP contribution is -2.53. The fourth-order valence-corrected chi connectivity index (χ4v) is 5.91. The number of methoxy groups -OCH3 is 1. The maximum absolute atomic E-state index is 6.40. The molecule has 2 aliphatic rings. The Morgan fingerprint density at radius 2 is 1.74 bits per heavy atom. The van der Waals surface area contributed by atoms with Gasteiger partial charge < -0.3 is 14.2 Å². The quantitative estimate of drug-likeness (QED) is 0.366. The molecule has 0 aromatic heterocycles. The van der Waals surface area contributed by atoms with Gasteiger partial charge >= 0.3 is 0 Å². The molecule has 4 heteroatoms. The first-order valence-electron chi connectivity index (χ1n) is 7.35. The Kier molecular flexibility index (Phi) is 5.54. The summed E-state index contributed by atoms with van der Waals surface area (Å²) in [7, 11) is 1.70. The van der Waals surface area contributed by atoms with Gasteiger partial charge in [-0.05, 0) is 36.5 Å². The molecule has 0 saturated heterocycles. The summed E-state index contributed by atoms with van der Waals surface area (Å²) < 4.78 is 18.0. The lowest BCUT2D eigenvalue weighted by atomic mass is 9.66. The number of ether oxygens (including phenoxy) is 3. The van der Waals surface area contributed by atoms with Gasteiger partial charge in [0.1, 0.15) is 0 Å². The first kappa shape index (κ1) is 16.0. The van der Waals surface area contributed by atoms with Gasteiger partial charge in [-0.2, -0.15) is 0 Å². The normalized spacial score (nSPS) is 36.0. The van der Waals surface area contributed by atoms with Crippen LogP contribution < -0.4 is 0 Å². The Morgan fingerprint density at radius 1 is 1.05 bits per heavy atom. The van der Waals surface area contributed by atoms with Crippen LogP contribution in [0.4, 0.5) is 0 Å². The first-order valence-corrected chi connectivity index (χ1v) is 8.87. The van der Waals surface area contributed by atoms with Crippen molar-refractivity contribution in [1.82, 2.24) is 0 Å². The summed E-state index contributed by atoms with van der Waals surface area (Å²) in [4.78, 5) is 0. The van der Waals surface area contributed by atoms with Gasteiger partial charge in [-0.3, -0.25) is 0 Å². The molecule has 3 unspecified atom stereocenters. The Morgan fingerprint density at radius 3 is 2.32 bits per heavy atom. The van der Waals surface area contributed by atoms with E-state index in [1.165, 1.54) is 19.3 Å². The second-order valence-electron chi connectivity index (χ2n) is 6.41. The van der Waals surface area contributed by atoms with Crippen LogP contribution in [0.2, 0.25) is 0 Å². The van der Waals surface area contributed by atoms with Crippen molar-refractivity contribution in [1.29, 1.82) is 0 Å². The van der Waals surface area contributed by atoms with E-state index >= 15 is 0 Å². The summed E-state index contributed by atoms with van der Waals surface area (Å²) in [5, 5.41) is 0. The fourth-order valence-electron chi connectivity index (χ4n) is 4.08. The summed E-state index contributed by atoms with van der Waals surface area (Å²) in [6, 6.07) is 0. The zero-order chi connectivity index (χ0) is 13.9. The zero-order valence-electron chi connectivity index (χ0n) is 12.4. The third kappa shape index (κ3) is 2.83. The van der Waals surface area contributed by atoms with Crippen LogP contribution in [0.3, 0.4) is 0 Å². The van der Waals surface area contributed by atoms with Crippen molar-refractivity contribution in [3.05, 3.63) is 0 Å². The summed E-state index contributed by atoms with van der Waals surface area (Å²) >= 11 is 2.52. The number of rotatable bonds is 8. The van der Waals surface area contributed by atoms with Gasteiger partial charge in [-0.15, -0.1) is 0 Å². The number of hydrogen-bond donors (Lipinski definition) is 0. The van der Waals surface area contributed by atoms with Gasteiger partial charge in [0.15, 0.2) is 0 Å². The molecule has 0 aromatic carbocycles. The van der Waals surface area contributed by atoms with Gasteiger partial charge in [0, 0.05) is 11.5 Å². The van der Waals surface area contributed by atoms with Gasteiger partial charge in [0.25, 0.3) is 0 Å². The van der Waals surface area contributed by atoms with E-state index in [2.05, 4.69) is 36.4 Å². The Bertz CT molecular complexity index is 295. The smallest absolute Gasteiger partial charge is 0.0853 e. The van der Waals surface area contributed by atoms with E-state index in [0.717, 1.165) is 16.3 Å². The number of alkyl halides is 1.